The highest BCUT2D eigenvalue weighted by atomic mass is 32.2. The van der Waals surface area contributed by atoms with Crippen molar-refractivity contribution >= 4 is 30.2 Å². The molecule has 21 heavy (non-hydrogen) atoms. The highest BCUT2D eigenvalue weighted by Crippen LogP contribution is 2.28. The lowest BCUT2D eigenvalue weighted by Gasteiger charge is -2.42. The van der Waals surface area contributed by atoms with Crippen molar-refractivity contribution in [2.75, 3.05) is 25.1 Å². The van der Waals surface area contributed by atoms with Crippen LogP contribution >= 0.6 is 24.4 Å². The zero-order chi connectivity index (χ0) is 15.5. The molecular formula is C17H25NOS2. The van der Waals surface area contributed by atoms with Crippen LogP contribution in [0.1, 0.15) is 37.0 Å². The molecular weight excluding hydrogens is 298 g/mol. The average molecular weight is 324 g/mol. The average Bonchev–Trinajstić information content (AvgIpc) is 2.54. The van der Waals surface area contributed by atoms with E-state index in [0.29, 0.717) is 5.92 Å². The van der Waals surface area contributed by atoms with Crippen LogP contribution in [0.4, 0.5) is 0 Å². The zero-order valence-electron chi connectivity index (χ0n) is 13.1. The SMILES string of the molecule is CSc1ccc(C(=O)C(C)(C)N2CCCC(CS)C2)cc1. The van der Waals surface area contributed by atoms with E-state index in [2.05, 4.69) is 31.4 Å². The number of nitrogens with zero attached hydrogens (tertiary/aromatic N) is 1. The Kier molecular flexibility index (Phi) is 5.81. The highest BCUT2D eigenvalue weighted by molar-refractivity contribution is 7.98. The predicted octanol–water partition coefficient (Wildman–Crippen LogP) is 4.01. The van der Waals surface area contributed by atoms with Gasteiger partial charge in [-0.15, -0.1) is 11.8 Å². The van der Waals surface area contributed by atoms with Gasteiger partial charge in [0.05, 0.1) is 5.54 Å². The first-order valence-corrected chi connectivity index (χ1v) is 9.39. The summed E-state index contributed by atoms with van der Waals surface area (Å²) in [7, 11) is 0. The standard InChI is InChI=1S/C17H25NOS2/c1-17(2,18-10-4-5-13(11-18)12-20)16(19)14-6-8-15(21-3)9-7-14/h6-9,13,20H,4-5,10-12H2,1-3H3. The summed E-state index contributed by atoms with van der Waals surface area (Å²) in [6.07, 6.45) is 4.44. The van der Waals surface area contributed by atoms with Gasteiger partial charge in [-0.2, -0.15) is 12.6 Å². The zero-order valence-corrected chi connectivity index (χ0v) is 14.8. The number of Topliss-reactive ketones (excluding diaryl/α,β-unsaturated/α-hetero) is 1. The Bertz CT molecular complexity index is 484. The van der Waals surface area contributed by atoms with Crippen molar-refractivity contribution in [2.24, 2.45) is 5.92 Å². The van der Waals surface area contributed by atoms with Gasteiger partial charge >= 0.3 is 0 Å². The number of hydrogen-bond donors (Lipinski definition) is 1. The monoisotopic (exact) mass is 323 g/mol. The summed E-state index contributed by atoms with van der Waals surface area (Å²) in [5.74, 6) is 1.73. The molecule has 116 valence electrons. The summed E-state index contributed by atoms with van der Waals surface area (Å²) in [6.45, 7) is 6.09. The predicted molar refractivity (Wildman–Crippen MR) is 94.8 cm³/mol. The van der Waals surface area contributed by atoms with E-state index in [-0.39, 0.29) is 5.78 Å². The molecule has 0 aromatic heterocycles. The van der Waals surface area contributed by atoms with Gasteiger partial charge in [0.15, 0.2) is 5.78 Å². The maximum absolute atomic E-state index is 12.9. The number of ketones is 1. The van der Waals surface area contributed by atoms with Crippen molar-refractivity contribution in [2.45, 2.75) is 37.1 Å². The molecule has 1 aliphatic heterocycles. The third kappa shape index (κ3) is 3.85. The van der Waals surface area contributed by atoms with Crippen LogP contribution in [0.2, 0.25) is 0 Å². The maximum atomic E-state index is 12.9. The normalized spacial score (nSPS) is 20.5. The topological polar surface area (TPSA) is 20.3 Å². The first-order valence-electron chi connectivity index (χ1n) is 7.53. The van der Waals surface area contributed by atoms with E-state index in [1.165, 1.54) is 11.3 Å². The number of thiol groups is 1. The van der Waals surface area contributed by atoms with Crippen LogP contribution in [-0.4, -0.2) is 41.3 Å². The summed E-state index contributed by atoms with van der Waals surface area (Å²) in [5, 5.41) is 0. The van der Waals surface area contributed by atoms with Crippen molar-refractivity contribution in [3.8, 4) is 0 Å². The molecule has 1 saturated heterocycles. The molecule has 0 N–H and O–H groups in total. The van der Waals surface area contributed by atoms with Gasteiger partial charge in [0.25, 0.3) is 0 Å². The summed E-state index contributed by atoms with van der Waals surface area (Å²) >= 11 is 6.13. The van der Waals surface area contributed by atoms with Gasteiger partial charge in [0.1, 0.15) is 0 Å². The van der Waals surface area contributed by atoms with Gasteiger partial charge in [0.2, 0.25) is 0 Å². The first-order chi connectivity index (χ1) is 9.98. The van der Waals surface area contributed by atoms with Gasteiger partial charge in [-0.1, -0.05) is 12.1 Å². The van der Waals surface area contributed by atoms with Gasteiger partial charge in [-0.25, -0.2) is 0 Å². The molecule has 0 radical (unpaired) electrons. The third-order valence-electron chi connectivity index (χ3n) is 4.48. The van der Waals surface area contributed by atoms with E-state index < -0.39 is 5.54 Å². The van der Waals surface area contributed by atoms with Crippen LogP contribution in [0.15, 0.2) is 29.2 Å². The fourth-order valence-electron chi connectivity index (χ4n) is 2.96. The number of carbonyl (C=O) groups is 1. The molecule has 0 spiro atoms. The molecule has 1 aromatic rings. The number of piperidine rings is 1. The minimum atomic E-state index is -0.442. The van der Waals surface area contributed by atoms with Crippen LogP contribution < -0.4 is 0 Å². The van der Waals surface area contributed by atoms with E-state index in [0.717, 1.165) is 30.8 Å². The van der Waals surface area contributed by atoms with E-state index in [1.807, 2.05) is 30.5 Å². The molecule has 4 heteroatoms. The fraction of sp³-hybridized carbons (Fsp3) is 0.588. The molecule has 2 rings (SSSR count). The molecule has 0 amide bonds. The number of benzene rings is 1. The summed E-state index contributed by atoms with van der Waals surface area (Å²) in [5.41, 5.74) is 0.369. The molecule has 1 aromatic carbocycles. The Morgan fingerprint density at radius 2 is 2.05 bits per heavy atom. The molecule has 0 saturated carbocycles. The molecule has 0 aliphatic carbocycles. The van der Waals surface area contributed by atoms with E-state index in [9.17, 15) is 4.79 Å². The van der Waals surface area contributed by atoms with Gasteiger partial charge in [-0.3, -0.25) is 9.69 Å². The van der Waals surface area contributed by atoms with Crippen LogP contribution in [0, 0.1) is 5.92 Å². The van der Waals surface area contributed by atoms with Gasteiger partial charge < -0.3 is 0 Å². The van der Waals surface area contributed by atoms with E-state index in [4.69, 9.17) is 0 Å². The number of likely N-dealkylation sites (tertiary alicyclic amines) is 1. The van der Waals surface area contributed by atoms with Crippen LogP contribution in [-0.2, 0) is 0 Å². The van der Waals surface area contributed by atoms with Crippen LogP contribution in [0.5, 0.6) is 0 Å². The summed E-state index contributed by atoms with van der Waals surface area (Å²) in [4.78, 5) is 16.4. The molecule has 1 heterocycles. The van der Waals surface area contributed by atoms with Crippen molar-refractivity contribution in [3.05, 3.63) is 29.8 Å². The fourth-order valence-corrected chi connectivity index (χ4v) is 3.67. The van der Waals surface area contributed by atoms with E-state index in [1.54, 1.807) is 11.8 Å². The Morgan fingerprint density at radius 3 is 2.62 bits per heavy atom. The summed E-state index contributed by atoms with van der Waals surface area (Å²) in [6, 6.07) is 7.97. The van der Waals surface area contributed by atoms with Crippen molar-refractivity contribution in [1.29, 1.82) is 0 Å². The number of carbonyl (C=O) groups excluding carboxylic acids is 1. The van der Waals surface area contributed by atoms with Crippen molar-refractivity contribution in [1.82, 2.24) is 4.90 Å². The minimum Gasteiger partial charge on any atom is -0.292 e. The molecule has 2 nitrogen and oxygen atoms in total. The molecule has 0 bridgehead atoms. The summed E-state index contributed by atoms with van der Waals surface area (Å²) < 4.78 is 0. The second kappa shape index (κ2) is 7.21. The van der Waals surface area contributed by atoms with Crippen molar-refractivity contribution in [3.63, 3.8) is 0 Å². The lowest BCUT2D eigenvalue weighted by Crippen LogP contribution is -2.54. The Balaban J connectivity index is 2.14. The van der Waals surface area contributed by atoms with Gasteiger partial charge in [-0.05, 0) is 63.3 Å². The molecule has 1 fully saturated rings. The quantitative estimate of drug-likeness (QED) is 0.502. The van der Waals surface area contributed by atoms with Crippen LogP contribution in [0.3, 0.4) is 0 Å². The number of hydrogen-bond acceptors (Lipinski definition) is 4. The molecule has 1 atom stereocenters. The molecule has 1 aliphatic rings. The Labute approximate surface area is 138 Å². The first kappa shape index (κ1) is 16.9. The lowest BCUT2D eigenvalue weighted by atomic mass is 9.87. The second-order valence-electron chi connectivity index (χ2n) is 6.25. The molecule has 1 unspecified atom stereocenters. The number of thioether (sulfide) groups is 1. The van der Waals surface area contributed by atoms with Gasteiger partial charge in [0, 0.05) is 17.0 Å². The highest BCUT2D eigenvalue weighted by Gasteiger charge is 2.37. The largest absolute Gasteiger partial charge is 0.292 e. The van der Waals surface area contributed by atoms with Crippen molar-refractivity contribution < 1.29 is 4.79 Å². The lowest BCUT2D eigenvalue weighted by molar-refractivity contribution is 0.0502. The Hall–Kier alpha value is -0.450. The maximum Gasteiger partial charge on any atom is 0.182 e. The second-order valence-corrected chi connectivity index (χ2v) is 7.50. The minimum absolute atomic E-state index is 0.218. The Morgan fingerprint density at radius 1 is 1.38 bits per heavy atom. The smallest absolute Gasteiger partial charge is 0.182 e. The van der Waals surface area contributed by atoms with Crippen LogP contribution in [0.25, 0.3) is 0 Å². The third-order valence-corrected chi connectivity index (χ3v) is 5.74. The van der Waals surface area contributed by atoms with E-state index >= 15 is 0 Å². The number of rotatable bonds is 5.